The zero-order valence-corrected chi connectivity index (χ0v) is 20.6. The van der Waals surface area contributed by atoms with Crippen LogP contribution in [0.5, 0.6) is 17.2 Å². The number of alkyl halides is 3. The second kappa shape index (κ2) is 10.8. The molecule has 1 aromatic heterocycles. The standard InChI is InChI=1S/C27H28F3NO6/c1-3-14-35-26(34)17-4-6-18(7-5-17)36-24-22(33)19-8-9-21(32)20(15-31-12-10-16(2)11-13-31)23(19)37-25(24)27(28,29)30/h4-9,16,32H,3,10-15H2,1-2H3. The molecule has 0 aliphatic carbocycles. The van der Waals surface area contributed by atoms with E-state index in [4.69, 9.17) is 13.9 Å². The molecule has 0 saturated carbocycles. The topological polar surface area (TPSA) is 89.2 Å². The number of carbonyl (C=O) groups is 1. The van der Waals surface area contributed by atoms with Gasteiger partial charge in [-0.15, -0.1) is 0 Å². The maximum absolute atomic E-state index is 14.0. The smallest absolute Gasteiger partial charge is 0.453 e. The highest BCUT2D eigenvalue weighted by Gasteiger charge is 2.41. The number of nitrogens with zero attached hydrogens (tertiary/aromatic N) is 1. The third-order valence-corrected chi connectivity index (χ3v) is 6.36. The van der Waals surface area contributed by atoms with Crippen LogP contribution in [0, 0.1) is 5.92 Å². The maximum Gasteiger partial charge on any atom is 0.453 e. The van der Waals surface area contributed by atoms with Gasteiger partial charge in [0.15, 0.2) is 0 Å². The number of esters is 1. The number of rotatable bonds is 7. The first-order valence-electron chi connectivity index (χ1n) is 12.1. The molecule has 37 heavy (non-hydrogen) atoms. The van der Waals surface area contributed by atoms with E-state index in [0.717, 1.165) is 25.9 Å². The van der Waals surface area contributed by atoms with Gasteiger partial charge >= 0.3 is 12.1 Å². The lowest BCUT2D eigenvalue weighted by molar-refractivity contribution is -0.154. The van der Waals surface area contributed by atoms with Crippen LogP contribution in [0.3, 0.4) is 0 Å². The minimum Gasteiger partial charge on any atom is -0.507 e. The van der Waals surface area contributed by atoms with Crippen molar-refractivity contribution in [3.63, 3.8) is 0 Å². The number of likely N-dealkylation sites (tertiary alicyclic amines) is 1. The van der Waals surface area contributed by atoms with Crippen LogP contribution in [0.15, 0.2) is 45.6 Å². The monoisotopic (exact) mass is 519 g/mol. The summed E-state index contributed by atoms with van der Waals surface area (Å²) in [5.41, 5.74) is -1.03. The van der Waals surface area contributed by atoms with Crippen LogP contribution in [0.25, 0.3) is 11.0 Å². The van der Waals surface area contributed by atoms with Crippen molar-refractivity contribution < 1.29 is 37.0 Å². The Morgan fingerprint density at radius 1 is 1.14 bits per heavy atom. The molecule has 0 atom stereocenters. The predicted octanol–water partition coefficient (Wildman–Crippen LogP) is 6.11. The van der Waals surface area contributed by atoms with Gasteiger partial charge in [0.2, 0.25) is 11.2 Å². The Bertz CT molecular complexity index is 1330. The van der Waals surface area contributed by atoms with Crippen LogP contribution in [0.2, 0.25) is 0 Å². The van der Waals surface area contributed by atoms with Crippen LogP contribution in [0.4, 0.5) is 13.2 Å². The van der Waals surface area contributed by atoms with E-state index >= 15 is 0 Å². The number of halogens is 3. The van der Waals surface area contributed by atoms with Crippen molar-refractivity contribution in [2.75, 3.05) is 19.7 Å². The van der Waals surface area contributed by atoms with Gasteiger partial charge < -0.3 is 19.0 Å². The van der Waals surface area contributed by atoms with E-state index in [0.29, 0.717) is 12.3 Å². The molecular weight excluding hydrogens is 491 g/mol. The van der Waals surface area contributed by atoms with Gasteiger partial charge in [-0.05, 0) is 74.7 Å². The number of benzene rings is 2. The molecule has 1 saturated heterocycles. The van der Waals surface area contributed by atoms with Crippen LogP contribution in [-0.2, 0) is 17.5 Å². The van der Waals surface area contributed by atoms with Crippen molar-refractivity contribution in [3.05, 3.63) is 63.5 Å². The van der Waals surface area contributed by atoms with Gasteiger partial charge in [0.1, 0.15) is 17.1 Å². The van der Waals surface area contributed by atoms with Crippen molar-refractivity contribution >= 4 is 16.9 Å². The number of hydrogen-bond acceptors (Lipinski definition) is 7. The molecule has 10 heteroatoms. The highest BCUT2D eigenvalue weighted by molar-refractivity contribution is 5.89. The van der Waals surface area contributed by atoms with Crippen LogP contribution < -0.4 is 10.2 Å². The Kier molecular flexibility index (Phi) is 7.77. The number of phenolic OH excluding ortho intramolecular Hbond substituents is 1. The maximum atomic E-state index is 14.0. The normalized spacial score (nSPS) is 15.2. The lowest BCUT2D eigenvalue weighted by Crippen LogP contribution is -2.32. The molecule has 2 heterocycles. The minimum atomic E-state index is -5.05. The average molecular weight is 520 g/mol. The number of aromatic hydroxyl groups is 1. The van der Waals surface area contributed by atoms with Gasteiger partial charge in [0.05, 0.1) is 23.1 Å². The highest BCUT2D eigenvalue weighted by Crippen LogP contribution is 2.40. The molecule has 0 bridgehead atoms. The van der Waals surface area contributed by atoms with Gasteiger partial charge in [-0.25, -0.2) is 4.79 Å². The lowest BCUT2D eigenvalue weighted by atomic mass is 9.98. The Morgan fingerprint density at radius 2 is 1.81 bits per heavy atom. The summed E-state index contributed by atoms with van der Waals surface area (Å²) in [6.07, 6.45) is -2.55. The largest absolute Gasteiger partial charge is 0.507 e. The van der Waals surface area contributed by atoms with Crippen molar-refractivity contribution in [1.82, 2.24) is 4.90 Å². The van der Waals surface area contributed by atoms with Gasteiger partial charge in [-0.3, -0.25) is 9.69 Å². The Balaban J connectivity index is 1.72. The van der Waals surface area contributed by atoms with Crippen molar-refractivity contribution in [1.29, 1.82) is 0 Å². The predicted molar refractivity (Wildman–Crippen MR) is 130 cm³/mol. The first-order valence-corrected chi connectivity index (χ1v) is 12.1. The van der Waals surface area contributed by atoms with Crippen molar-refractivity contribution in [2.45, 2.75) is 45.8 Å². The fraction of sp³-hybridized carbons (Fsp3) is 0.407. The lowest BCUT2D eigenvalue weighted by Gasteiger charge is -2.30. The molecule has 1 fully saturated rings. The molecule has 0 unspecified atom stereocenters. The molecule has 4 rings (SSSR count). The zero-order chi connectivity index (χ0) is 26.7. The summed E-state index contributed by atoms with van der Waals surface area (Å²) in [5.74, 6) is -3.00. The number of phenols is 1. The summed E-state index contributed by atoms with van der Waals surface area (Å²) in [7, 11) is 0. The Morgan fingerprint density at radius 3 is 2.43 bits per heavy atom. The van der Waals surface area contributed by atoms with Gasteiger partial charge in [0.25, 0.3) is 5.76 Å². The molecule has 3 aromatic rings. The number of ether oxygens (including phenoxy) is 2. The van der Waals surface area contributed by atoms with Crippen LogP contribution in [0.1, 0.15) is 54.8 Å². The van der Waals surface area contributed by atoms with Gasteiger partial charge in [-0.2, -0.15) is 13.2 Å². The van der Waals surface area contributed by atoms with Crippen molar-refractivity contribution in [3.8, 4) is 17.2 Å². The molecule has 1 N–H and O–H groups in total. The van der Waals surface area contributed by atoms with E-state index < -0.39 is 29.1 Å². The summed E-state index contributed by atoms with van der Waals surface area (Å²) >= 11 is 0. The quantitative estimate of drug-likeness (QED) is 0.377. The van der Waals surface area contributed by atoms with Gasteiger partial charge in [0, 0.05) is 6.54 Å². The summed E-state index contributed by atoms with van der Waals surface area (Å²) < 4.78 is 57.8. The third kappa shape index (κ3) is 5.90. The van der Waals surface area contributed by atoms with E-state index in [9.17, 15) is 27.9 Å². The van der Waals surface area contributed by atoms with Crippen LogP contribution in [-0.4, -0.2) is 35.7 Å². The third-order valence-electron chi connectivity index (χ3n) is 6.36. The molecule has 0 radical (unpaired) electrons. The van der Waals surface area contributed by atoms with E-state index in [1.165, 1.54) is 36.4 Å². The number of piperidine rings is 1. The number of carbonyl (C=O) groups excluding carboxylic acids is 1. The zero-order valence-electron chi connectivity index (χ0n) is 20.6. The molecule has 1 aliphatic heterocycles. The van der Waals surface area contributed by atoms with Crippen molar-refractivity contribution in [2.24, 2.45) is 5.92 Å². The van der Waals surface area contributed by atoms with E-state index in [1.807, 2.05) is 11.8 Å². The second-order valence-corrected chi connectivity index (χ2v) is 9.25. The molecule has 0 spiro atoms. The first kappa shape index (κ1) is 26.5. The average Bonchev–Trinajstić information content (AvgIpc) is 2.86. The SMILES string of the molecule is CCCOC(=O)c1ccc(Oc2c(C(F)(F)F)oc3c(CN4CCC(C)CC4)c(O)ccc3c2=O)cc1. The fourth-order valence-electron chi connectivity index (χ4n) is 4.22. The first-order chi connectivity index (χ1) is 17.6. The fourth-order valence-corrected chi connectivity index (χ4v) is 4.22. The number of hydrogen-bond donors (Lipinski definition) is 1. The molecule has 7 nitrogen and oxygen atoms in total. The summed E-state index contributed by atoms with van der Waals surface area (Å²) in [4.78, 5) is 27.2. The van der Waals surface area contributed by atoms with E-state index in [-0.39, 0.29) is 46.7 Å². The molecular formula is C27H28F3NO6. The summed E-state index contributed by atoms with van der Waals surface area (Å²) in [6.45, 7) is 5.79. The highest BCUT2D eigenvalue weighted by atomic mass is 19.4. The van der Waals surface area contributed by atoms with E-state index in [1.54, 1.807) is 0 Å². The Labute approximate surface area is 211 Å². The van der Waals surface area contributed by atoms with Crippen LogP contribution >= 0.6 is 0 Å². The minimum absolute atomic E-state index is 0.0920. The molecule has 2 aromatic carbocycles. The molecule has 1 aliphatic rings. The van der Waals surface area contributed by atoms with E-state index in [2.05, 4.69) is 6.92 Å². The second-order valence-electron chi connectivity index (χ2n) is 9.25. The Hall–Kier alpha value is -3.53. The van der Waals surface area contributed by atoms with Gasteiger partial charge in [-0.1, -0.05) is 13.8 Å². The molecule has 0 amide bonds. The summed E-state index contributed by atoms with van der Waals surface area (Å²) in [6, 6.07) is 7.70. The number of fused-ring (bicyclic) bond motifs is 1. The molecule has 198 valence electrons. The summed E-state index contributed by atoms with van der Waals surface area (Å²) in [5, 5.41) is 10.3.